The molecule has 2 rings (SSSR count). The summed E-state index contributed by atoms with van der Waals surface area (Å²) in [5, 5.41) is 8.63. The molecule has 0 aromatic heterocycles. The molecule has 2 aliphatic rings. The second kappa shape index (κ2) is 11.2. The van der Waals surface area contributed by atoms with Gasteiger partial charge in [-0.1, -0.05) is 64.7 Å². The smallest absolute Gasteiger partial charge is 0.303 e. The van der Waals surface area contributed by atoms with Gasteiger partial charge < -0.3 is 5.11 Å². The summed E-state index contributed by atoms with van der Waals surface area (Å²) < 4.78 is 0. The van der Waals surface area contributed by atoms with Crippen LogP contribution in [0.15, 0.2) is 0 Å². The van der Waals surface area contributed by atoms with Crippen LogP contribution in [0, 0.1) is 23.7 Å². The van der Waals surface area contributed by atoms with Crippen LogP contribution in [0.5, 0.6) is 0 Å². The molecule has 2 unspecified atom stereocenters. The van der Waals surface area contributed by atoms with Crippen molar-refractivity contribution >= 4 is 5.97 Å². The van der Waals surface area contributed by atoms with Gasteiger partial charge in [-0.25, -0.2) is 0 Å². The molecule has 0 amide bonds. The molecule has 2 fully saturated rings. The fourth-order valence-corrected chi connectivity index (χ4v) is 4.92. The zero-order valence-corrected chi connectivity index (χ0v) is 16.0. The fraction of sp³-hybridized carbons (Fsp3) is 0.955. The van der Waals surface area contributed by atoms with Crippen LogP contribution in [-0.4, -0.2) is 11.1 Å². The molecule has 0 heterocycles. The first-order chi connectivity index (χ1) is 11.7. The number of hydrogen-bond donors (Lipinski definition) is 1. The van der Waals surface area contributed by atoms with Crippen LogP contribution in [0.2, 0.25) is 0 Å². The van der Waals surface area contributed by atoms with Gasteiger partial charge in [-0.3, -0.25) is 4.79 Å². The first-order valence-electron chi connectivity index (χ1n) is 10.9. The summed E-state index contributed by atoms with van der Waals surface area (Å²) in [6.45, 7) is 2.31. The summed E-state index contributed by atoms with van der Waals surface area (Å²) in [5.41, 5.74) is 0. The van der Waals surface area contributed by atoms with Crippen LogP contribution in [0.25, 0.3) is 0 Å². The van der Waals surface area contributed by atoms with E-state index in [2.05, 4.69) is 6.92 Å². The molecule has 4 atom stereocenters. The highest BCUT2D eigenvalue weighted by molar-refractivity contribution is 5.66. The van der Waals surface area contributed by atoms with Gasteiger partial charge in [0.1, 0.15) is 0 Å². The van der Waals surface area contributed by atoms with Crippen LogP contribution >= 0.6 is 0 Å². The van der Waals surface area contributed by atoms with Crippen molar-refractivity contribution in [2.75, 3.05) is 0 Å². The van der Waals surface area contributed by atoms with Crippen molar-refractivity contribution in [1.29, 1.82) is 0 Å². The number of aliphatic carboxylic acids is 1. The number of carboxylic acids is 1. The molecule has 0 saturated heterocycles. The second-order valence-electron chi connectivity index (χ2n) is 8.63. The molecule has 1 N–H and O–H groups in total. The van der Waals surface area contributed by atoms with E-state index >= 15 is 0 Å². The third-order valence-electron chi connectivity index (χ3n) is 6.90. The zero-order chi connectivity index (χ0) is 17.2. The maximum Gasteiger partial charge on any atom is 0.303 e. The van der Waals surface area contributed by atoms with E-state index in [9.17, 15) is 4.79 Å². The van der Waals surface area contributed by atoms with Crippen molar-refractivity contribution in [3.05, 3.63) is 0 Å². The van der Waals surface area contributed by atoms with E-state index < -0.39 is 5.97 Å². The molecule has 2 saturated carbocycles. The van der Waals surface area contributed by atoms with Crippen molar-refractivity contribution < 1.29 is 9.90 Å². The van der Waals surface area contributed by atoms with Gasteiger partial charge in [0.25, 0.3) is 0 Å². The van der Waals surface area contributed by atoms with Crippen molar-refractivity contribution in [2.45, 2.75) is 110 Å². The first-order valence-corrected chi connectivity index (χ1v) is 10.9. The molecule has 0 aliphatic heterocycles. The average Bonchev–Trinajstić information content (AvgIpc) is 2.51. The predicted molar refractivity (Wildman–Crippen MR) is 101 cm³/mol. The number of unbranched alkanes of at least 4 members (excludes halogenated alkanes) is 6. The lowest BCUT2D eigenvalue weighted by atomic mass is 9.61. The average molecular weight is 337 g/mol. The minimum atomic E-state index is -0.642. The quantitative estimate of drug-likeness (QED) is 0.353. The largest absolute Gasteiger partial charge is 0.481 e. The molecular weight excluding hydrogens is 296 g/mol. The Labute approximate surface area is 149 Å². The molecule has 0 spiro atoms. The van der Waals surface area contributed by atoms with E-state index in [1.54, 1.807) is 6.42 Å². The minimum absolute atomic E-state index is 0.353. The van der Waals surface area contributed by atoms with Crippen LogP contribution in [0.4, 0.5) is 0 Å². The Balaban J connectivity index is 1.48. The highest BCUT2D eigenvalue weighted by Gasteiger charge is 2.37. The lowest BCUT2D eigenvalue weighted by molar-refractivity contribution is -0.137. The van der Waals surface area contributed by atoms with Crippen molar-refractivity contribution in [3.63, 3.8) is 0 Å². The summed E-state index contributed by atoms with van der Waals surface area (Å²) in [7, 11) is 0. The Bertz CT molecular complexity index is 352. The number of carbonyl (C=O) groups is 1. The van der Waals surface area contributed by atoms with E-state index in [4.69, 9.17) is 5.11 Å². The molecular formula is C22H40O2. The molecule has 0 radical (unpaired) electrons. The van der Waals surface area contributed by atoms with E-state index in [-0.39, 0.29) is 0 Å². The third kappa shape index (κ3) is 6.76. The standard InChI is InChI=1S/C22H40O2/c1-2-3-7-10-18-13-15-20(18)17-21-16-14-19(21)11-8-5-4-6-9-12-22(23)24/h18-21H,2-17H2,1H3,(H,23,24)/t18?,19-,20-,21?/m1/s1. The van der Waals surface area contributed by atoms with Gasteiger partial charge in [-0.2, -0.15) is 0 Å². The van der Waals surface area contributed by atoms with Gasteiger partial charge in [0.15, 0.2) is 0 Å². The van der Waals surface area contributed by atoms with Crippen LogP contribution in [0.1, 0.15) is 110 Å². The SMILES string of the molecule is CCCCCC1CC[C@@H]1CC1CC[C@H]1CCCCCCCC(=O)O. The van der Waals surface area contributed by atoms with Crippen LogP contribution < -0.4 is 0 Å². The van der Waals surface area contributed by atoms with Crippen molar-refractivity contribution in [1.82, 2.24) is 0 Å². The Morgan fingerprint density at radius 2 is 1.25 bits per heavy atom. The Kier molecular flexibility index (Phi) is 9.20. The van der Waals surface area contributed by atoms with Gasteiger partial charge in [-0.15, -0.1) is 0 Å². The lowest BCUT2D eigenvalue weighted by Gasteiger charge is -2.45. The molecule has 2 heteroatoms. The van der Waals surface area contributed by atoms with Crippen molar-refractivity contribution in [2.24, 2.45) is 23.7 Å². The Morgan fingerprint density at radius 3 is 1.75 bits per heavy atom. The third-order valence-corrected chi connectivity index (χ3v) is 6.90. The summed E-state index contributed by atoms with van der Waals surface area (Å²) in [5.74, 6) is 3.59. The van der Waals surface area contributed by atoms with Gasteiger partial charge in [-0.05, 0) is 62.2 Å². The maximum absolute atomic E-state index is 10.5. The number of hydrogen-bond acceptors (Lipinski definition) is 1. The second-order valence-corrected chi connectivity index (χ2v) is 8.63. The van der Waals surface area contributed by atoms with Crippen molar-refractivity contribution in [3.8, 4) is 0 Å². The number of rotatable bonds is 14. The molecule has 0 aromatic rings. The van der Waals surface area contributed by atoms with Gasteiger partial charge in [0.05, 0.1) is 0 Å². The molecule has 2 aliphatic carbocycles. The molecule has 0 bridgehead atoms. The van der Waals surface area contributed by atoms with E-state index in [0.29, 0.717) is 6.42 Å². The maximum atomic E-state index is 10.5. The van der Waals surface area contributed by atoms with E-state index in [0.717, 1.165) is 36.5 Å². The van der Waals surface area contributed by atoms with Crippen LogP contribution in [-0.2, 0) is 4.79 Å². The summed E-state index contributed by atoms with van der Waals surface area (Å²) in [4.78, 5) is 10.5. The predicted octanol–water partition coefficient (Wildman–Crippen LogP) is 6.82. The molecule has 140 valence electrons. The molecule has 2 nitrogen and oxygen atoms in total. The first kappa shape index (κ1) is 19.8. The van der Waals surface area contributed by atoms with E-state index in [1.807, 2.05) is 0 Å². The normalized spacial score (nSPS) is 29.0. The highest BCUT2D eigenvalue weighted by Crippen LogP contribution is 2.48. The molecule has 24 heavy (non-hydrogen) atoms. The summed E-state index contributed by atoms with van der Waals surface area (Å²) in [6, 6.07) is 0. The lowest BCUT2D eigenvalue weighted by Crippen LogP contribution is -2.34. The topological polar surface area (TPSA) is 37.3 Å². The fourth-order valence-electron chi connectivity index (χ4n) is 4.92. The number of carboxylic acid groups (broad SMARTS) is 1. The van der Waals surface area contributed by atoms with Gasteiger partial charge >= 0.3 is 5.97 Å². The van der Waals surface area contributed by atoms with E-state index in [1.165, 1.54) is 77.0 Å². The van der Waals surface area contributed by atoms with Gasteiger partial charge in [0.2, 0.25) is 0 Å². The Hall–Kier alpha value is -0.530. The monoisotopic (exact) mass is 336 g/mol. The summed E-state index contributed by atoms with van der Waals surface area (Å²) >= 11 is 0. The summed E-state index contributed by atoms with van der Waals surface area (Å²) in [6.07, 6.45) is 21.0. The minimum Gasteiger partial charge on any atom is -0.481 e. The highest BCUT2D eigenvalue weighted by atomic mass is 16.4. The van der Waals surface area contributed by atoms with Gasteiger partial charge in [0, 0.05) is 6.42 Å². The zero-order valence-electron chi connectivity index (χ0n) is 16.0. The van der Waals surface area contributed by atoms with Crippen LogP contribution in [0.3, 0.4) is 0 Å². The molecule has 0 aromatic carbocycles. The Morgan fingerprint density at radius 1 is 0.750 bits per heavy atom.